The maximum absolute atomic E-state index is 12.3. The molecule has 2 atom stereocenters. The third-order valence-corrected chi connectivity index (χ3v) is 3.04. The van der Waals surface area contributed by atoms with Crippen LogP contribution in [0.1, 0.15) is 23.5 Å². The molecule has 1 fully saturated rings. The van der Waals surface area contributed by atoms with E-state index >= 15 is 0 Å². The molecule has 1 aromatic carbocycles. The van der Waals surface area contributed by atoms with Gasteiger partial charge in [0.15, 0.2) is 0 Å². The minimum Gasteiger partial charge on any atom is -0.480 e. The zero-order valence-corrected chi connectivity index (χ0v) is 8.66. The number of rotatable bonds is 2. The molecule has 0 saturated heterocycles. The molecular formula is C11H10F3NO2. The fourth-order valence-electron chi connectivity index (χ4n) is 1.83. The van der Waals surface area contributed by atoms with Gasteiger partial charge in [-0.15, -0.1) is 0 Å². The summed E-state index contributed by atoms with van der Waals surface area (Å²) in [6.07, 6.45) is -4.12. The van der Waals surface area contributed by atoms with Gasteiger partial charge < -0.3 is 10.8 Å². The van der Waals surface area contributed by atoms with Crippen molar-refractivity contribution < 1.29 is 23.1 Å². The molecule has 0 radical (unpaired) electrons. The highest BCUT2D eigenvalue weighted by Crippen LogP contribution is 2.49. The average Bonchev–Trinajstić information content (AvgIpc) is 2.91. The maximum Gasteiger partial charge on any atom is 0.416 e. The molecule has 92 valence electrons. The van der Waals surface area contributed by atoms with Crippen LogP contribution in [0.3, 0.4) is 0 Å². The van der Waals surface area contributed by atoms with Gasteiger partial charge in [0.1, 0.15) is 5.54 Å². The van der Waals surface area contributed by atoms with Gasteiger partial charge in [-0.05, 0) is 24.1 Å². The zero-order valence-electron chi connectivity index (χ0n) is 8.66. The molecule has 0 spiro atoms. The van der Waals surface area contributed by atoms with E-state index in [4.69, 9.17) is 10.8 Å². The number of hydrogen-bond acceptors (Lipinski definition) is 2. The molecule has 1 saturated carbocycles. The quantitative estimate of drug-likeness (QED) is 0.837. The van der Waals surface area contributed by atoms with Crippen LogP contribution in [0.4, 0.5) is 13.2 Å². The zero-order chi connectivity index (χ0) is 12.8. The predicted molar refractivity (Wildman–Crippen MR) is 53.4 cm³/mol. The normalized spacial score (nSPS) is 27.9. The first-order chi connectivity index (χ1) is 7.75. The molecule has 0 bridgehead atoms. The topological polar surface area (TPSA) is 63.3 Å². The van der Waals surface area contributed by atoms with E-state index in [0.717, 1.165) is 12.1 Å². The monoisotopic (exact) mass is 245 g/mol. The van der Waals surface area contributed by atoms with Gasteiger partial charge in [-0.1, -0.05) is 12.1 Å². The first-order valence-corrected chi connectivity index (χ1v) is 4.94. The van der Waals surface area contributed by atoms with Gasteiger partial charge in [0.2, 0.25) is 0 Å². The van der Waals surface area contributed by atoms with E-state index in [1.807, 2.05) is 0 Å². The fourth-order valence-corrected chi connectivity index (χ4v) is 1.83. The van der Waals surface area contributed by atoms with Crippen LogP contribution in [-0.4, -0.2) is 16.6 Å². The van der Waals surface area contributed by atoms with Crippen molar-refractivity contribution in [3.05, 3.63) is 35.4 Å². The highest BCUT2D eigenvalue weighted by Gasteiger charge is 2.58. The second kappa shape index (κ2) is 3.46. The number of hydrogen-bond donors (Lipinski definition) is 2. The summed E-state index contributed by atoms with van der Waals surface area (Å²) in [4.78, 5) is 10.8. The summed E-state index contributed by atoms with van der Waals surface area (Å²) in [5.41, 5.74) is 4.03. The molecule has 0 aliphatic heterocycles. The van der Waals surface area contributed by atoms with E-state index in [-0.39, 0.29) is 6.42 Å². The number of nitrogens with two attached hydrogens (primary N) is 1. The molecule has 6 heteroatoms. The van der Waals surface area contributed by atoms with Crippen LogP contribution >= 0.6 is 0 Å². The highest BCUT2D eigenvalue weighted by atomic mass is 19.4. The average molecular weight is 245 g/mol. The van der Waals surface area contributed by atoms with Crippen LogP contribution in [0.15, 0.2) is 24.3 Å². The molecule has 2 rings (SSSR count). The SMILES string of the molecule is N[C@@]1(C(=O)O)C[C@H]1c1ccc(C(F)(F)F)cc1. The third-order valence-electron chi connectivity index (χ3n) is 3.04. The first-order valence-electron chi connectivity index (χ1n) is 4.94. The molecule has 0 amide bonds. The van der Waals surface area contributed by atoms with E-state index in [1.54, 1.807) is 0 Å². The number of carboxylic acids is 1. The van der Waals surface area contributed by atoms with Crippen molar-refractivity contribution in [3.8, 4) is 0 Å². The first kappa shape index (κ1) is 11.9. The number of carboxylic acid groups (broad SMARTS) is 1. The predicted octanol–water partition coefficient (Wildman–Crippen LogP) is 1.97. The molecule has 1 aromatic rings. The Bertz CT molecular complexity index is 455. The van der Waals surface area contributed by atoms with Gasteiger partial charge in [0, 0.05) is 5.92 Å². The van der Waals surface area contributed by atoms with E-state index < -0.39 is 29.2 Å². The van der Waals surface area contributed by atoms with Crippen molar-refractivity contribution in [1.82, 2.24) is 0 Å². The Balaban J connectivity index is 2.19. The summed E-state index contributed by atoms with van der Waals surface area (Å²) in [6, 6.07) is 4.45. The van der Waals surface area contributed by atoms with Gasteiger partial charge in [-0.25, -0.2) is 0 Å². The summed E-state index contributed by atoms with van der Waals surface area (Å²) < 4.78 is 36.9. The molecular weight excluding hydrogens is 235 g/mol. The Morgan fingerprint density at radius 3 is 2.24 bits per heavy atom. The van der Waals surface area contributed by atoms with Crippen molar-refractivity contribution in [2.75, 3.05) is 0 Å². The van der Waals surface area contributed by atoms with Gasteiger partial charge in [-0.2, -0.15) is 13.2 Å². The van der Waals surface area contributed by atoms with Crippen molar-refractivity contribution in [2.45, 2.75) is 24.1 Å². The summed E-state index contributed by atoms with van der Waals surface area (Å²) in [6.45, 7) is 0. The Hall–Kier alpha value is -1.56. The van der Waals surface area contributed by atoms with Crippen molar-refractivity contribution in [3.63, 3.8) is 0 Å². The van der Waals surface area contributed by atoms with Gasteiger partial charge in [0.25, 0.3) is 0 Å². The molecule has 17 heavy (non-hydrogen) atoms. The number of carbonyl (C=O) groups is 1. The van der Waals surface area contributed by atoms with Crippen LogP contribution in [0.2, 0.25) is 0 Å². The number of benzene rings is 1. The summed E-state index contributed by atoms with van der Waals surface area (Å²) >= 11 is 0. The molecule has 1 aliphatic rings. The van der Waals surface area contributed by atoms with Crippen LogP contribution in [0, 0.1) is 0 Å². The van der Waals surface area contributed by atoms with E-state index in [2.05, 4.69) is 0 Å². The minimum atomic E-state index is -4.38. The largest absolute Gasteiger partial charge is 0.480 e. The summed E-state index contributed by atoms with van der Waals surface area (Å²) in [7, 11) is 0. The molecule has 0 aromatic heterocycles. The second-order valence-electron chi connectivity index (χ2n) is 4.22. The van der Waals surface area contributed by atoms with E-state index in [0.29, 0.717) is 5.56 Å². The molecule has 3 N–H and O–H groups in total. The minimum absolute atomic E-state index is 0.258. The molecule has 1 aliphatic carbocycles. The fraction of sp³-hybridized carbons (Fsp3) is 0.364. The Morgan fingerprint density at radius 1 is 1.35 bits per heavy atom. The van der Waals surface area contributed by atoms with Gasteiger partial charge >= 0.3 is 12.1 Å². The standard InChI is InChI=1S/C11H10F3NO2/c12-11(13,14)7-3-1-6(2-4-7)8-5-10(8,15)9(16)17/h1-4,8H,5,15H2,(H,16,17)/t8-,10-/m0/s1. The lowest BCUT2D eigenvalue weighted by atomic mass is 10.0. The second-order valence-corrected chi connectivity index (χ2v) is 4.22. The Kier molecular flexibility index (Phi) is 2.43. The van der Waals surface area contributed by atoms with Crippen LogP contribution in [-0.2, 0) is 11.0 Å². The summed E-state index contributed by atoms with van der Waals surface area (Å²) in [5, 5.41) is 8.82. The van der Waals surface area contributed by atoms with Crippen LogP contribution < -0.4 is 5.73 Å². The Labute approximate surface area is 95.0 Å². The lowest BCUT2D eigenvalue weighted by Gasteiger charge is -2.08. The lowest BCUT2D eigenvalue weighted by Crippen LogP contribution is -2.34. The summed E-state index contributed by atoms with van der Waals surface area (Å²) in [5.74, 6) is -1.52. The maximum atomic E-state index is 12.3. The van der Waals surface area contributed by atoms with Crippen LogP contribution in [0.5, 0.6) is 0 Å². The van der Waals surface area contributed by atoms with Gasteiger partial charge in [-0.3, -0.25) is 4.79 Å². The van der Waals surface area contributed by atoms with E-state index in [1.165, 1.54) is 12.1 Å². The molecule has 3 nitrogen and oxygen atoms in total. The van der Waals surface area contributed by atoms with Crippen molar-refractivity contribution in [2.24, 2.45) is 5.73 Å². The number of halogens is 3. The smallest absolute Gasteiger partial charge is 0.416 e. The van der Waals surface area contributed by atoms with E-state index in [9.17, 15) is 18.0 Å². The Morgan fingerprint density at radius 2 is 1.88 bits per heavy atom. The van der Waals surface area contributed by atoms with Gasteiger partial charge in [0.05, 0.1) is 5.56 Å². The number of aliphatic carboxylic acids is 1. The lowest BCUT2D eigenvalue weighted by molar-refractivity contribution is -0.140. The highest BCUT2D eigenvalue weighted by molar-refractivity contribution is 5.84. The number of alkyl halides is 3. The third kappa shape index (κ3) is 2.00. The van der Waals surface area contributed by atoms with Crippen molar-refractivity contribution in [1.29, 1.82) is 0 Å². The van der Waals surface area contributed by atoms with Crippen LogP contribution in [0.25, 0.3) is 0 Å². The van der Waals surface area contributed by atoms with Crippen molar-refractivity contribution >= 4 is 5.97 Å². The molecule has 0 unspecified atom stereocenters. The molecule has 0 heterocycles.